The second-order valence-electron chi connectivity index (χ2n) is 5.03. The fraction of sp³-hybridized carbons (Fsp3) is 0.235. The predicted octanol–water partition coefficient (Wildman–Crippen LogP) is 4.25. The van der Waals surface area contributed by atoms with Gasteiger partial charge in [-0.25, -0.2) is 8.42 Å². The summed E-state index contributed by atoms with van der Waals surface area (Å²) in [6.45, 7) is 1.60. The van der Waals surface area contributed by atoms with E-state index in [1.165, 1.54) is 12.1 Å². The molecule has 0 heterocycles. The fourth-order valence-electron chi connectivity index (χ4n) is 1.93. The number of carbonyl (C=O) groups is 1. The monoisotopic (exact) mass is 383 g/mol. The Labute approximate surface area is 151 Å². The standard InChI is InChI=1S/C17H18ClNO3S2/c1-2-24(21,22)16-9-5-14(6-10-16)19-17(20)11-12-23-15-7-3-13(18)4-8-15/h3-10H,2,11-12H2,1H3,(H,19,20). The predicted molar refractivity (Wildman–Crippen MR) is 99.6 cm³/mol. The Hall–Kier alpha value is -1.50. The molecule has 0 bridgehead atoms. The summed E-state index contributed by atoms with van der Waals surface area (Å²) in [5.74, 6) is 0.596. The molecule has 2 aromatic rings. The number of thioether (sulfide) groups is 1. The first-order chi connectivity index (χ1) is 11.4. The van der Waals surface area contributed by atoms with Crippen LogP contribution in [0.1, 0.15) is 13.3 Å². The van der Waals surface area contributed by atoms with Gasteiger partial charge in [-0.05, 0) is 48.5 Å². The minimum atomic E-state index is -3.22. The number of carbonyl (C=O) groups excluding carboxylic acids is 1. The first-order valence-electron chi connectivity index (χ1n) is 7.42. The highest BCUT2D eigenvalue weighted by Gasteiger charge is 2.11. The molecule has 0 aliphatic carbocycles. The molecule has 0 aliphatic heterocycles. The summed E-state index contributed by atoms with van der Waals surface area (Å²) in [5.41, 5.74) is 0.589. The van der Waals surface area contributed by atoms with Gasteiger partial charge in [0, 0.05) is 27.8 Å². The van der Waals surface area contributed by atoms with E-state index in [0.29, 0.717) is 22.9 Å². The van der Waals surface area contributed by atoms with Crippen molar-refractivity contribution < 1.29 is 13.2 Å². The molecule has 0 atom stereocenters. The Kier molecular flexibility index (Phi) is 6.71. The lowest BCUT2D eigenvalue weighted by Gasteiger charge is -2.07. The highest BCUT2D eigenvalue weighted by atomic mass is 35.5. The van der Waals surface area contributed by atoms with Crippen molar-refractivity contribution in [2.24, 2.45) is 0 Å². The molecule has 0 saturated carbocycles. The number of anilines is 1. The van der Waals surface area contributed by atoms with Crippen LogP contribution >= 0.6 is 23.4 Å². The van der Waals surface area contributed by atoms with Crippen LogP contribution in [0.15, 0.2) is 58.3 Å². The lowest BCUT2D eigenvalue weighted by atomic mass is 10.3. The molecule has 0 unspecified atom stereocenters. The number of benzene rings is 2. The maximum Gasteiger partial charge on any atom is 0.225 e. The summed E-state index contributed by atoms with van der Waals surface area (Å²) in [5, 5.41) is 3.45. The first kappa shape index (κ1) is 18.8. The highest BCUT2D eigenvalue weighted by molar-refractivity contribution is 7.99. The quantitative estimate of drug-likeness (QED) is 0.726. The SMILES string of the molecule is CCS(=O)(=O)c1ccc(NC(=O)CCSc2ccc(Cl)cc2)cc1. The number of nitrogens with one attached hydrogen (secondary N) is 1. The summed E-state index contributed by atoms with van der Waals surface area (Å²) in [7, 11) is -3.22. The van der Waals surface area contributed by atoms with Crippen LogP contribution < -0.4 is 5.32 Å². The number of sulfone groups is 1. The topological polar surface area (TPSA) is 63.2 Å². The van der Waals surface area contributed by atoms with Crippen LogP contribution in [0.3, 0.4) is 0 Å². The smallest absolute Gasteiger partial charge is 0.225 e. The van der Waals surface area contributed by atoms with Gasteiger partial charge >= 0.3 is 0 Å². The summed E-state index contributed by atoms with van der Waals surface area (Å²) < 4.78 is 23.5. The van der Waals surface area contributed by atoms with Crippen molar-refractivity contribution in [1.29, 1.82) is 0 Å². The Morgan fingerprint density at radius 3 is 2.29 bits per heavy atom. The van der Waals surface area contributed by atoms with Crippen LogP contribution in [0.2, 0.25) is 5.02 Å². The summed E-state index contributed by atoms with van der Waals surface area (Å²) in [4.78, 5) is 13.3. The van der Waals surface area contributed by atoms with E-state index < -0.39 is 9.84 Å². The number of amides is 1. The van der Waals surface area contributed by atoms with Crippen molar-refractivity contribution in [2.75, 3.05) is 16.8 Å². The molecule has 2 aromatic carbocycles. The van der Waals surface area contributed by atoms with Gasteiger partial charge in [0.15, 0.2) is 9.84 Å². The van der Waals surface area contributed by atoms with Gasteiger partial charge in [0.1, 0.15) is 0 Å². The average Bonchev–Trinajstić information content (AvgIpc) is 2.57. The molecular weight excluding hydrogens is 366 g/mol. The van der Waals surface area contributed by atoms with Gasteiger partial charge in [-0.3, -0.25) is 4.79 Å². The third-order valence-corrected chi connectivity index (χ3v) is 6.30. The zero-order valence-corrected chi connectivity index (χ0v) is 15.5. The van der Waals surface area contributed by atoms with Crippen molar-refractivity contribution in [3.8, 4) is 0 Å². The van der Waals surface area contributed by atoms with E-state index in [-0.39, 0.29) is 16.6 Å². The Morgan fingerprint density at radius 1 is 1.08 bits per heavy atom. The van der Waals surface area contributed by atoms with E-state index in [9.17, 15) is 13.2 Å². The van der Waals surface area contributed by atoms with Crippen LogP contribution in [0, 0.1) is 0 Å². The summed E-state index contributed by atoms with van der Waals surface area (Å²) in [6, 6.07) is 13.7. The van der Waals surface area contributed by atoms with Gasteiger partial charge in [-0.2, -0.15) is 0 Å². The molecule has 2 rings (SSSR count). The molecular formula is C17H18ClNO3S2. The number of hydrogen-bond donors (Lipinski definition) is 1. The van der Waals surface area contributed by atoms with Gasteiger partial charge in [-0.1, -0.05) is 18.5 Å². The van der Waals surface area contributed by atoms with Gasteiger partial charge in [0.25, 0.3) is 0 Å². The molecule has 0 saturated heterocycles. The van der Waals surface area contributed by atoms with Crippen molar-refractivity contribution in [1.82, 2.24) is 0 Å². The number of hydrogen-bond acceptors (Lipinski definition) is 4. The maximum atomic E-state index is 11.9. The number of rotatable bonds is 7. The average molecular weight is 384 g/mol. The molecule has 0 radical (unpaired) electrons. The second-order valence-corrected chi connectivity index (χ2v) is 8.91. The van der Waals surface area contributed by atoms with E-state index >= 15 is 0 Å². The zero-order chi connectivity index (χ0) is 17.6. The molecule has 1 N–H and O–H groups in total. The molecule has 0 spiro atoms. The molecule has 1 amide bonds. The Balaban J connectivity index is 1.83. The highest BCUT2D eigenvalue weighted by Crippen LogP contribution is 2.21. The molecule has 7 heteroatoms. The van der Waals surface area contributed by atoms with Gasteiger partial charge < -0.3 is 5.32 Å². The fourth-order valence-corrected chi connectivity index (χ4v) is 3.79. The summed E-state index contributed by atoms with van der Waals surface area (Å²) in [6.07, 6.45) is 0.363. The first-order valence-corrected chi connectivity index (χ1v) is 10.4. The second kappa shape index (κ2) is 8.55. The van der Waals surface area contributed by atoms with Crippen LogP contribution in [-0.2, 0) is 14.6 Å². The lowest BCUT2D eigenvalue weighted by molar-refractivity contribution is -0.115. The minimum Gasteiger partial charge on any atom is -0.326 e. The van der Waals surface area contributed by atoms with Crippen LogP contribution in [0.25, 0.3) is 0 Å². The Bertz CT molecular complexity index is 788. The van der Waals surface area contributed by atoms with Gasteiger partial charge in [-0.15, -0.1) is 11.8 Å². The van der Waals surface area contributed by atoms with Crippen molar-refractivity contribution >= 4 is 44.8 Å². The van der Waals surface area contributed by atoms with E-state index in [4.69, 9.17) is 11.6 Å². The van der Waals surface area contributed by atoms with Crippen molar-refractivity contribution in [3.63, 3.8) is 0 Å². The lowest BCUT2D eigenvalue weighted by Crippen LogP contribution is -2.12. The van der Waals surface area contributed by atoms with E-state index in [1.807, 2.05) is 24.3 Å². The van der Waals surface area contributed by atoms with Crippen molar-refractivity contribution in [2.45, 2.75) is 23.1 Å². The van der Waals surface area contributed by atoms with Crippen LogP contribution in [-0.4, -0.2) is 25.8 Å². The normalized spacial score (nSPS) is 11.2. The largest absolute Gasteiger partial charge is 0.326 e. The molecule has 128 valence electrons. The molecule has 0 aliphatic rings. The van der Waals surface area contributed by atoms with Crippen molar-refractivity contribution in [3.05, 3.63) is 53.6 Å². The minimum absolute atomic E-state index is 0.0562. The van der Waals surface area contributed by atoms with E-state index in [1.54, 1.807) is 30.8 Å². The molecule has 0 aromatic heterocycles. The van der Waals surface area contributed by atoms with Crippen LogP contribution in [0.5, 0.6) is 0 Å². The third-order valence-electron chi connectivity index (χ3n) is 3.29. The van der Waals surface area contributed by atoms with Gasteiger partial charge in [0.05, 0.1) is 10.6 Å². The third kappa shape index (κ3) is 5.54. The van der Waals surface area contributed by atoms with Crippen LogP contribution in [0.4, 0.5) is 5.69 Å². The molecule has 4 nitrogen and oxygen atoms in total. The molecule has 24 heavy (non-hydrogen) atoms. The van der Waals surface area contributed by atoms with Gasteiger partial charge in [0.2, 0.25) is 5.91 Å². The molecule has 0 fully saturated rings. The zero-order valence-electron chi connectivity index (χ0n) is 13.2. The summed E-state index contributed by atoms with van der Waals surface area (Å²) >= 11 is 7.40. The Morgan fingerprint density at radius 2 is 1.71 bits per heavy atom. The van der Waals surface area contributed by atoms with E-state index in [0.717, 1.165) is 4.90 Å². The maximum absolute atomic E-state index is 11.9. The number of halogens is 1. The van der Waals surface area contributed by atoms with E-state index in [2.05, 4.69) is 5.32 Å².